The number of nitrogens with zero attached hydrogens (tertiary/aromatic N) is 2. The van der Waals surface area contributed by atoms with Crippen LogP contribution >= 0.6 is 0 Å². The summed E-state index contributed by atoms with van der Waals surface area (Å²) in [6, 6.07) is 42.4. The van der Waals surface area contributed by atoms with E-state index in [-0.39, 0.29) is 10.8 Å². The molecule has 44 heavy (non-hydrogen) atoms. The summed E-state index contributed by atoms with van der Waals surface area (Å²) < 4.78 is 2.31. The van der Waals surface area contributed by atoms with Crippen molar-refractivity contribution in [2.45, 2.75) is 37.5 Å². The second-order valence-corrected chi connectivity index (χ2v) is 13.3. The van der Waals surface area contributed by atoms with Crippen LogP contribution in [-0.2, 0) is 10.8 Å². The van der Waals surface area contributed by atoms with E-state index in [0.29, 0.717) is 0 Å². The van der Waals surface area contributed by atoms with Gasteiger partial charge in [0.25, 0.3) is 0 Å². The van der Waals surface area contributed by atoms with Crippen molar-refractivity contribution in [1.29, 1.82) is 0 Å². The topological polar surface area (TPSA) is 8.17 Å². The summed E-state index contributed by atoms with van der Waals surface area (Å²) in [7, 11) is 0. The Morgan fingerprint density at radius 3 is 2.18 bits per heavy atom. The summed E-state index contributed by atoms with van der Waals surface area (Å²) in [6.07, 6.45) is 4.78. The number of para-hydroxylation sites is 3. The Kier molecular flexibility index (Phi) is 4.52. The maximum Gasteiger partial charge on any atom is 0.106 e. The molecule has 0 saturated heterocycles. The first-order valence-corrected chi connectivity index (χ1v) is 15.7. The van der Waals surface area contributed by atoms with Crippen molar-refractivity contribution in [3.05, 3.63) is 160 Å². The molecule has 1 saturated carbocycles. The number of allylic oxidation sites excluding steroid dienone is 1. The second kappa shape index (κ2) is 8.22. The van der Waals surface area contributed by atoms with Gasteiger partial charge in [-0.1, -0.05) is 92.7 Å². The number of hydrogen-bond acceptors (Lipinski definition) is 1. The zero-order valence-electron chi connectivity index (χ0n) is 24.9. The van der Waals surface area contributed by atoms with Gasteiger partial charge in [0, 0.05) is 27.1 Å². The van der Waals surface area contributed by atoms with Gasteiger partial charge < -0.3 is 9.47 Å². The van der Waals surface area contributed by atoms with Gasteiger partial charge in [0.2, 0.25) is 0 Å². The molecule has 2 heterocycles. The molecule has 1 aromatic heterocycles. The largest absolute Gasteiger partial charge is 0.303 e. The Morgan fingerprint density at radius 2 is 1.34 bits per heavy atom. The zero-order chi connectivity index (χ0) is 29.2. The lowest BCUT2D eigenvalue weighted by Crippen LogP contribution is -2.34. The fourth-order valence-corrected chi connectivity index (χ4v) is 8.36. The number of aromatic nitrogens is 1. The van der Waals surface area contributed by atoms with Crippen molar-refractivity contribution in [2.75, 3.05) is 4.90 Å². The second-order valence-electron chi connectivity index (χ2n) is 13.3. The smallest absolute Gasteiger partial charge is 0.106 e. The van der Waals surface area contributed by atoms with Crippen LogP contribution in [0.3, 0.4) is 0 Å². The summed E-state index contributed by atoms with van der Waals surface area (Å²) >= 11 is 0. The van der Waals surface area contributed by atoms with Crippen LogP contribution in [0.25, 0.3) is 39.5 Å². The first-order valence-electron chi connectivity index (χ1n) is 15.7. The summed E-state index contributed by atoms with van der Waals surface area (Å²) in [5.74, 6) is 0. The van der Waals surface area contributed by atoms with E-state index in [1.807, 2.05) is 0 Å². The normalized spacial score (nSPS) is 17.1. The molecule has 1 spiro atoms. The predicted molar refractivity (Wildman–Crippen MR) is 180 cm³/mol. The quantitative estimate of drug-likeness (QED) is 0.193. The number of fused-ring (bicyclic) bond motifs is 10. The molecule has 1 fully saturated rings. The molecule has 0 unspecified atom stereocenters. The average Bonchev–Trinajstić information content (AvgIpc) is 3.75. The lowest BCUT2D eigenvalue weighted by Gasteiger charge is -2.42. The molecule has 3 aliphatic carbocycles. The van der Waals surface area contributed by atoms with Crippen LogP contribution < -0.4 is 15.5 Å². The number of hydrogen-bond donors (Lipinski definition) is 0. The van der Waals surface area contributed by atoms with E-state index < -0.39 is 0 Å². The van der Waals surface area contributed by atoms with Crippen molar-refractivity contribution in [3.63, 3.8) is 0 Å². The molecule has 0 radical (unpaired) electrons. The SMILES string of the molecule is CC1(C)c2ccccc2N(C2=C=C=c3c(c4ccccc4n3-c3ccccc3)=C2)c2cc3c(cc21)-c1ccccc1C31CC1. The fraction of sp³-hybridized carbons (Fsp3) is 0.143. The zero-order valence-corrected chi connectivity index (χ0v) is 24.9. The van der Waals surface area contributed by atoms with E-state index in [1.165, 1.54) is 73.7 Å². The highest BCUT2D eigenvalue weighted by molar-refractivity contribution is 5.93. The van der Waals surface area contributed by atoms with Crippen LogP contribution in [-0.4, -0.2) is 4.57 Å². The van der Waals surface area contributed by atoms with Gasteiger partial charge in [-0.3, -0.25) is 0 Å². The van der Waals surface area contributed by atoms with Gasteiger partial charge >= 0.3 is 0 Å². The van der Waals surface area contributed by atoms with Gasteiger partial charge in [-0.05, 0) is 100 Å². The standard InChI is InChI=1S/C42H30N2/c1-41(2)34-17-9-11-19-39(34)44(40-26-35-31(25-36(40)41)29-14-6-8-16-33(29)42(35)22-23-42)28-20-21-38-32(24-28)30-15-7-10-18-37(30)43(38)27-12-4-3-5-13-27/h3-19,24-26H,22-23H2,1-2H3. The third-order valence-corrected chi connectivity index (χ3v) is 10.6. The van der Waals surface area contributed by atoms with E-state index in [9.17, 15) is 0 Å². The van der Waals surface area contributed by atoms with Crippen molar-refractivity contribution in [2.24, 2.45) is 0 Å². The van der Waals surface area contributed by atoms with Crippen LogP contribution in [0.5, 0.6) is 0 Å². The van der Waals surface area contributed by atoms with Crippen LogP contribution in [0.1, 0.15) is 48.9 Å². The monoisotopic (exact) mass is 562 g/mol. The number of rotatable bonds is 2. The van der Waals surface area contributed by atoms with Crippen molar-refractivity contribution >= 4 is 34.1 Å². The molecule has 5 aromatic carbocycles. The van der Waals surface area contributed by atoms with Gasteiger partial charge in [0.1, 0.15) is 5.35 Å². The molecule has 208 valence electrons. The molecule has 4 aliphatic rings. The Morgan fingerprint density at radius 1 is 0.614 bits per heavy atom. The van der Waals surface area contributed by atoms with Crippen LogP contribution in [0, 0.1) is 0 Å². The number of anilines is 2. The summed E-state index contributed by atoms with van der Waals surface area (Å²) in [5, 5.41) is 3.47. The van der Waals surface area contributed by atoms with Crippen LogP contribution in [0.15, 0.2) is 127 Å². The van der Waals surface area contributed by atoms with Gasteiger partial charge in [0.05, 0.1) is 22.6 Å². The minimum Gasteiger partial charge on any atom is -0.303 e. The molecular formula is C42H30N2. The third kappa shape index (κ3) is 2.97. The van der Waals surface area contributed by atoms with E-state index in [1.54, 1.807) is 0 Å². The van der Waals surface area contributed by atoms with E-state index in [0.717, 1.165) is 16.7 Å². The molecule has 2 heteroatoms. The molecule has 0 bridgehead atoms. The predicted octanol–water partition coefficient (Wildman–Crippen LogP) is 8.38. The fourth-order valence-electron chi connectivity index (χ4n) is 8.36. The molecule has 0 atom stereocenters. The molecule has 1 aliphatic heterocycles. The van der Waals surface area contributed by atoms with Gasteiger partial charge in [-0.15, -0.1) is 0 Å². The Bertz CT molecular complexity index is 2440. The highest BCUT2D eigenvalue weighted by atomic mass is 15.2. The maximum absolute atomic E-state index is 3.66. The van der Waals surface area contributed by atoms with Gasteiger partial charge in [0.15, 0.2) is 0 Å². The highest BCUT2D eigenvalue weighted by Crippen LogP contribution is 2.64. The minimum absolute atomic E-state index is 0.150. The van der Waals surface area contributed by atoms with E-state index in [4.69, 9.17) is 0 Å². The van der Waals surface area contributed by atoms with Gasteiger partial charge in [-0.2, -0.15) is 0 Å². The summed E-state index contributed by atoms with van der Waals surface area (Å²) in [4.78, 5) is 2.46. The minimum atomic E-state index is -0.150. The van der Waals surface area contributed by atoms with Crippen LogP contribution in [0.2, 0.25) is 0 Å². The third-order valence-electron chi connectivity index (χ3n) is 10.6. The van der Waals surface area contributed by atoms with E-state index >= 15 is 0 Å². The lowest BCUT2D eigenvalue weighted by atomic mass is 9.72. The molecule has 6 aromatic rings. The summed E-state index contributed by atoms with van der Waals surface area (Å²) in [6.45, 7) is 4.77. The average molecular weight is 563 g/mol. The molecule has 0 amide bonds. The Labute approximate surface area is 256 Å². The molecular weight excluding hydrogens is 532 g/mol. The molecule has 0 N–H and O–H groups in total. The number of benzene rings is 5. The van der Waals surface area contributed by atoms with Crippen molar-refractivity contribution in [1.82, 2.24) is 4.57 Å². The van der Waals surface area contributed by atoms with Crippen molar-refractivity contribution in [3.8, 4) is 16.8 Å². The first kappa shape index (κ1) is 24.2. The summed E-state index contributed by atoms with van der Waals surface area (Å²) in [5.41, 5.74) is 21.7. The highest BCUT2D eigenvalue weighted by Gasteiger charge is 2.53. The maximum atomic E-state index is 3.66. The Balaban J connectivity index is 1.28. The van der Waals surface area contributed by atoms with Crippen molar-refractivity contribution < 1.29 is 0 Å². The molecule has 10 rings (SSSR count). The lowest BCUT2D eigenvalue weighted by molar-refractivity contribution is 0.630. The Hall–Kier alpha value is -5.26. The van der Waals surface area contributed by atoms with E-state index in [2.05, 4.69) is 156 Å². The van der Waals surface area contributed by atoms with Crippen LogP contribution in [0.4, 0.5) is 11.4 Å². The first-order chi connectivity index (χ1) is 21.6. The molecule has 2 nitrogen and oxygen atoms in total. The van der Waals surface area contributed by atoms with Gasteiger partial charge in [-0.25, -0.2) is 0 Å².